The second-order valence-corrected chi connectivity index (χ2v) is 9.44. The van der Waals surface area contributed by atoms with Crippen molar-refractivity contribution in [2.45, 2.75) is 43.5 Å². The van der Waals surface area contributed by atoms with Crippen LogP contribution in [0.4, 0.5) is 0 Å². The maximum atomic E-state index is 13.0. The molecule has 0 saturated carbocycles. The van der Waals surface area contributed by atoms with Gasteiger partial charge in [-0.25, -0.2) is 8.42 Å². The molecule has 27 heavy (non-hydrogen) atoms. The van der Waals surface area contributed by atoms with Gasteiger partial charge in [-0.15, -0.1) is 12.4 Å². The molecule has 2 atom stereocenters. The maximum Gasteiger partial charge on any atom is 0.243 e. The summed E-state index contributed by atoms with van der Waals surface area (Å²) in [5.74, 6) is 0.150. The van der Waals surface area contributed by atoms with Crippen LogP contribution in [0.15, 0.2) is 23.1 Å². The zero-order chi connectivity index (χ0) is 18.7. The minimum absolute atomic E-state index is 0. The average Bonchev–Trinajstić information content (AvgIpc) is 3.17. The molecule has 9 heteroatoms. The van der Waals surface area contributed by atoms with Crippen LogP contribution in [0.25, 0.3) is 0 Å². The molecule has 2 aliphatic rings. The molecule has 0 aromatic heterocycles. The fourth-order valence-electron chi connectivity index (χ4n) is 3.69. The van der Waals surface area contributed by atoms with Gasteiger partial charge in [-0.1, -0.05) is 17.7 Å². The lowest BCUT2D eigenvalue weighted by molar-refractivity contribution is -0.123. The number of sulfonamides is 1. The summed E-state index contributed by atoms with van der Waals surface area (Å²) in [6.45, 7) is 4.05. The van der Waals surface area contributed by atoms with Gasteiger partial charge in [0.05, 0.1) is 10.9 Å². The fourth-order valence-corrected chi connectivity index (χ4v) is 5.73. The van der Waals surface area contributed by atoms with E-state index in [0.717, 1.165) is 32.2 Å². The molecule has 3 rings (SSSR count). The van der Waals surface area contributed by atoms with Gasteiger partial charge >= 0.3 is 0 Å². The summed E-state index contributed by atoms with van der Waals surface area (Å²) in [6.07, 6.45) is 3.59. The predicted molar refractivity (Wildman–Crippen MR) is 109 cm³/mol. The number of rotatable bonds is 5. The van der Waals surface area contributed by atoms with Crippen molar-refractivity contribution in [2.24, 2.45) is 5.92 Å². The van der Waals surface area contributed by atoms with Crippen LogP contribution < -0.4 is 10.6 Å². The number of nitrogens with one attached hydrogen (secondary N) is 2. The van der Waals surface area contributed by atoms with Gasteiger partial charge < -0.3 is 10.6 Å². The van der Waals surface area contributed by atoms with Gasteiger partial charge in [0.15, 0.2) is 0 Å². The number of hydrogen-bond acceptors (Lipinski definition) is 4. The van der Waals surface area contributed by atoms with Gasteiger partial charge in [0.1, 0.15) is 0 Å². The Kier molecular flexibility index (Phi) is 7.94. The van der Waals surface area contributed by atoms with Gasteiger partial charge in [0.2, 0.25) is 15.9 Å². The molecule has 152 valence electrons. The topological polar surface area (TPSA) is 78.5 Å². The molecule has 1 amide bonds. The first kappa shape index (κ1) is 22.4. The van der Waals surface area contributed by atoms with Crippen molar-refractivity contribution in [3.63, 3.8) is 0 Å². The molecule has 2 fully saturated rings. The van der Waals surface area contributed by atoms with Crippen molar-refractivity contribution in [1.82, 2.24) is 14.9 Å². The monoisotopic (exact) mass is 435 g/mol. The first-order valence-electron chi connectivity index (χ1n) is 9.16. The molecule has 0 aliphatic carbocycles. The van der Waals surface area contributed by atoms with E-state index in [2.05, 4.69) is 10.6 Å². The third kappa shape index (κ3) is 5.15. The number of nitrogens with zero attached hydrogens (tertiary/aromatic N) is 1. The van der Waals surface area contributed by atoms with E-state index in [0.29, 0.717) is 30.2 Å². The highest BCUT2D eigenvalue weighted by atomic mass is 35.5. The lowest BCUT2D eigenvalue weighted by atomic mass is 9.99. The van der Waals surface area contributed by atoms with Crippen LogP contribution >= 0.6 is 24.0 Å². The lowest BCUT2D eigenvalue weighted by Gasteiger charge is -2.32. The van der Waals surface area contributed by atoms with Gasteiger partial charge in [-0.3, -0.25) is 4.79 Å². The molecule has 2 heterocycles. The lowest BCUT2D eigenvalue weighted by Crippen LogP contribution is -2.46. The molecular weight excluding hydrogens is 409 g/mol. The first-order valence-corrected chi connectivity index (χ1v) is 11.0. The Balaban J connectivity index is 0.00000261. The number of carbonyl (C=O) groups excluding carboxylic acids is 1. The van der Waals surface area contributed by atoms with Crippen LogP contribution in [0.5, 0.6) is 0 Å². The molecule has 1 aromatic rings. The van der Waals surface area contributed by atoms with Gasteiger partial charge in [-0.2, -0.15) is 4.31 Å². The van der Waals surface area contributed by atoms with Gasteiger partial charge in [0.25, 0.3) is 0 Å². The van der Waals surface area contributed by atoms with Crippen molar-refractivity contribution in [1.29, 1.82) is 0 Å². The van der Waals surface area contributed by atoms with E-state index >= 15 is 0 Å². The fraction of sp³-hybridized carbons (Fsp3) is 0.611. The zero-order valence-corrected chi connectivity index (χ0v) is 17.8. The maximum absolute atomic E-state index is 13.0. The summed E-state index contributed by atoms with van der Waals surface area (Å²) >= 11 is 6.10. The van der Waals surface area contributed by atoms with Crippen molar-refractivity contribution in [2.75, 3.05) is 26.2 Å². The standard InChI is InChI=1S/C18H26ClN3O3S.ClH/c1-13-15(19)6-2-8-17(13)26(24,25)22-10-4-5-14(12-22)11-21-18(23)16-7-3-9-20-16;/h2,6,8,14,16,20H,3-5,7,9-12H2,1H3,(H,21,23);1H. The molecule has 0 spiro atoms. The first-order chi connectivity index (χ1) is 12.4. The second kappa shape index (κ2) is 9.56. The molecule has 1 aromatic carbocycles. The molecule has 2 saturated heterocycles. The smallest absolute Gasteiger partial charge is 0.243 e. The minimum atomic E-state index is -3.58. The molecule has 0 radical (unpaired) electrons. The van der Waals surface area contributed by atoms with Crippen LogP contribution in [0.2, 0.25) is 5.02 Å². The summed E-state index contributed by atoms with van der Waals surface area (Å²) in [5.41, 5.74) is 0.580. The van der Waals surface area contributed by atoms with Crippen molar-refractivity contribution >= 4 is 39.9 Å². The Labute approximate surface area is 172 Å². The Morgan fingerprint density at radius 2 is 2.11 bits per heavy atom. The van der Waals surface area contributed by atoms with Gasteiger partial charge in [-0.05, 0) is 62.8 Å². The Morgan fingerprint density at radius 3 is 2.81 bits per heavy atom. The largest absolute Gasteiger partial charge is 0.354 e. The molecule has 6 nitrogen and oxygen atoms in total. The summed E-state index contributed by atoms with van der Waals surface area (Å²) in [5, 5.41) is 6.62. The van der Waals surface area contributed by atoms with Crippen molar-refractivity contribution in [3.8, 4) is 0 Å². The third-order valence-electron chi connectivity index (χ3n) is 5.26. The predicted octanol–water partition coefficient (Wildman–Crippen LogP) is 2.34. The van der Waals surface area contributed by atoms with Crippen LogP contribution in [-0.2, 0) is 14.8 Å². The number of hydrogen-bond donors (Lipinski definition) is 2. The van der Waals surface area contributed by atoms with E-state index in [1.165, 1.54) is 4.31 Å². The van der Waals surface area contributed by atoms with Crippen LogP contribution in [0.1, 0.15) is 31.2 Å². The van der Waals surface area contributed by atoms with E-state index in [1.807, 2.05) is 0 Å². The van der Waals surface area contributed by atoms with E-state index < -0.39 is 10.0 Å². The van der Waals surface area contributed by atoms with Crippen molar-refractivity contribution < 1.29 is 13.2 Å². The van der Waals surface area contributed by atoms with Crippen LogP contribution in [-0.4, -0.2) is 50.9 Å². The number of halogens is 2. The van der Waals surface area contributed by atoms with Crippen molar-refractivity contribution in [3.05, 3.63) is 28.8 Å². The molecule has 2 N–H and O–H groups in total. The van der Waals surface area contributed by atoms with Gasteiger partial charge in [0, 0.05) is 24.7 Å². The highest BCUT2D eigenvalue weighted by Gasteiger charge is 2.32. The third-order valence-corrected chi connectivity index (χ3v) is 7.68. The number of amides is 1. The summed E-state index contributed by atoms with van der Waals surface area (Å²) in [4.78, 5) is 12.4. The minimum Gasteiger partial charge on any atom is -0.354 e. The molecule has 0 bridgehead atoms. The second-order valence-electron chi connectivity index (χ2n) is 7.13. The number of carbonyl (C=O) groups is 1. The molecule has 2 aliphatic heterocycles. The summed E-state index contributed by atoms with van der Waals surface area (Å²) in [6, 6.07) is 4.86. The Hall–Kier alpha value is -0.860. The SMILES string of the molecule is Cc1c(Cl)cccc1S(=O)(=O)N1CCCC(CNC(=O)C2CCCN2)C1.Cl. The highest BCUT2D eigenvalue weighted by Crippen LogP contribution is 2.28. The number of piperidine rings is 1. The van der Waals surface area contributed by atoms with E-state index in [-0.39, 0.29) is 35.2 Å². The molecular formula is C18H27Cl2N3O3S. The number of benzene rings is 1. The van der Waals surface area contributed by atoms with E-state index in [4.69, 9.17) is 11.6 Å². The quantitative estimate of drug-likeness (QED) is 0.743. The summed E-state index contributed by atoms with van der Waals surface area (Å²) < 4.78 is 27.6. The normalized spacial score (nSPS) is 23.6. The Morgan fingerprint density at radius 1 is 1.33 bits per heavy atom. The molecule has 2 unspecified atom stereocenters. The summed E-state index contributed by atoms with van der Waals surface area (Å²) in [7, 11) is -3.58. The highest BCUT2D eigenvalue weighted by molar-refractivity contribution is 7.89. The van der Waals surface area contributed by atoms with E-state index in [1.54, 1.807) is 25.1 Å². The zero-order valence-electron chi connectivity index (χ0n) is 15.4. The van der Waals surface area contributed by atoms with E-state index in [9.17, 15) is 13.2 Å². The average molecular weight is 436 g/mol. The van der Waals surface area contributed by atoms with Crippen LogP contribution in [0.3, 0.4) is 0 Å². The Bertz CT molecular complexity index is 767. The van der Waals surface area contributed by atoms with Crippen LogP contribution in [0, 0.1) is 12.8 Å².